The fourth-order valence-corrected chi connectivity index (χ4v) is 17.3. The van der Waals surface area contributed by atoms with E-state index >= 15 is 0 Å². The lowest BCUT2D eigenvalue weighted by molar-refractivity contribution is 0.590. The molecular formula is C112H112. The summed E-state index contributed by atoms with van der Waals surface area (Å²) in [6.07, 6.45) is 0. The summed E-state index contributed by atoms with van der Waals surface area (Å²) in [7, 11) is 0. The highest BCUT2D eigenvalue weighted by Crippen LogP contribution is 2.57. The molecule has 0 nitrogen and oxygen atoms in total. The van der Waals surface area contributed by atoms with Gasteiger partial charge in [0.1, 0.15) is 0 Å². The smallest absolute Gasteiger partial charge is 0.000139 e. The molecule has 0 heteroatoms. The van der Waals surface area contributed by atoms with Gasteiger partial charge in [0, 0.05) is 0 Å². The molecule has 0 saturated heterocycles. The van der Waals surface area contributed by atoms with Crippen LogP contribution in [-0.2, 0) is 21.7 Å². The predicted molar refractivity (Wildman–Crippen MR) is 493 cm³/mol. The minimum absolute atomic E-state index is 0.0521. The van der Waals surface area contributed by atoms with E-state index in [4.69, 9.17) is 0 Å². The summed E-state index contributed by atoms with van der Waals surface area (Å²) in [6, 6.07) is 112. The summed E-state index contributed by atoms with van der Waals surface area (Å²) >= 11 is 0. The van der Waals surface area contributed by atoms with E-state index in [2.05, 4.69) is 430 Å². The van der Waals surface area contributed by atoms with Gasteiger partial charge in [-0.3, -0.25) is 0 Å². The standard InChI is InChI=1S/2C56H56/c1-35(2)41-25-31-45-47(33-41)51(37-17-13-11-14-18-37)53-50(40-23-29-44(30-24-40)56(8,9)10)46-32-26-42(36(3)4)34-48(46)52(38-19-15-12-16-20-38)54(53)49(45)39-21-27-43(28-22-39)55(5,6)7;1-35(2)41-25-31-45-47(33-41)51(39-21-27-43(28-22-39)55(5,6)7)53-50(38-19-15-12-16-20-38)46-32-26-42(36(3)4)34-48(46)52(40-23-29-44(30-24-40)56(8,9)10)54(53)49(45)37-17-13-11-14-18-37/h2*11-36H,1-10H3. The first-order valence-corrected chi connectivity index (χ1v) is 41.2. The molecule has 0 radical (unpaired) electrons. The molecule has 0 aliphatic rings. The van der Waals surface area contributed by atoms with Crippen LogP contribution >= 0.6 is 0 Å². The van der Waals surface area contributed by atoms with Crippen molar-refractivity contribution >= 4 is 64.6 Å². The molecule has 0 amide bonds. The minimum atomic E-state index is 0.0521. The van der Waals surface area contributed by atoms with Gasteiger partial charge in [-0.25, -0.2) is 0 Å². The molecule has 0 aliphatic carbocycles. The van der Waals surface area contributed by atoms with Crippen molar-refractivity contribution in [3.05, 3.63) is 336 Å². The molecule has 0 heterocycles. The lowest BCUT2D eigenvalue weighted by Crippen LogP contribution is -2.10. The first-order chi connectivity index (χ1) is 53.4. The molecule has 0 unspecified atom stereocenters. The van der Waals surface area contributed by atoms with E-state index in [1.807, 2.05) is 0 Å². The van der Waals surface area contributed by atoms with E-state index in [1.54, 1.807) is 0 Å². The van der Waals surface area contributed by atoms with Crippen LogP contribution in [0.5, 0.6) is 0 Å². The second kappa shape index (κ2) is 30.0. The maximum Gasteiger partial charge on any atom is -0.000139 e. The highest BCUT2D eigenvalue weighted by atomic mass is 14.3. The Morgan fingerprint density at radius 2 is 0.312 bits per heavy atom. The predicted octanol–water partition coefficient (Wildman–Crippen LogP) is 33.3. The molecule has 0 fully saturated rings. The Kier molecular flexibility index (Phi) is 20.5. The first-order valence-electron chi connectivity index (χ1n) is 41.2. The van der Waals surface area contributed by atoms with Gasteiger partial charge in [-0.15, -0.1) is 0 Å². The topological polar surface area (TPSA) is 0 Å². The summed E-state index contributed by atoms with van der Waals surface area (Å²) in [5.74, 6) is 1.57. The van der Waals surface area contributed by atoms with Crippen LogP contribution in [0.15, 0.2) is 291 Å². The lowest BCUT2D eigenvalue weighted by atomic mass is 9.76. The fraction of sp³-hybridized carbons (Fsp3) is 0.250. The molecule has 112 heavy (non-hydrogen) atoms. The lowest BCUT2D eigenvalue weighted by Gasteiger charge is -2.27. The molecule has 0 aliphatic heterocycles. The Morgan fingerprint density at radius 3 is 0.464 bits per heavy atom. The summed E-state index contributed by atoms with van der Waals surface area (Å²) < 4.78 is 0. The zero-order chi connectivity index (χ0) is 79.0. The van der Waals surface area contributed by atoms with Crippen LogP contribution in [0.4, 0.5) is 0 Å². The molecule has 0 bridgehead atoms. The van der Waals surface area contributed by atoms with Gasteiger partial charge in [0.15, 0.2) is 0 Å². The van der Waals surface area contributed by atoms with Crippen molar-refractivity contribution in [3.63, 3.8) is 0 Å². The molecule has 16 aromatic carbocycles. The molecule has 560 valence electrons. The molecule has 16 aromatic rings. The third kappa shape index (κ3) is 14.4. The zero-order valence-corrected chi connectivity index (χ0v) is 70.0. The quantitative estimate of drug-likeness (QED) is 0.107. The number of hydrogen-bond donors (Lipinski definition) is 0. The van der Waals surface area contributed by atoms with Gasteiger partial charge in [0.05, 0.1) is 0 Å². The van der Waals surface area contributed by atoms with Crippen LogP contribution in [0.2, 0.25) is 0 Å². The van der Waals surface area contributed by atoms with Gasteiger partial charge in [0.2, 0.25) is 0 Å². The summed E-state index contributed by atoms with van der Waals surface area (Å²) in [6.45, 7) is 46.1. The zero-order valence-electron chi connectivity index (χ0n) is 70.0. The average molecular weight is 1460 g/mol. The second-order valence-corrected chi connectivity index (χ2v) is 37.1. The third-order valence-corrected chi connectivity index (χ3v) is 23.9. The highest BCUT2D eigenvalue weighted by Gasteiger charge is 2.31. The van der Waals surface area contributed by atoms with Crippen molar-refractivity contribution in [2.45, 2.75) is 184 Å². The van der Waals surface area contributed by atoms with E-state index < -0.39 is 0 Å². The van der Waals surface area contributed by atoms with Crippen LogP contribution < -0.4 is 0 Å². The number of hydrogen-bond acceptors (Lipinski definition) is 0. The largest absolute Gasteiger partial charge is 0.0622 e. The van der Waals surface area contributed by atoms with E-state index in [1.165, 1.54) is 198 Å². The van der Waals surface area contributed by atoms with Crippen molar-refractivity contribution in [2.75, 3.05) is 0 Å². The van der Waals surface area contributed by atoms with E-state index in [0.717, 1.165) is 0 Å². The Labute approximate surface area is 668 Å². The summed E-state index contributed by atoms with van der Waals surface area (Å²) in [5, 5.41) is 15.6. The maximum absolute atomic E-state index is 2.50. The van der Waals surface area contributed by atoms with E-state index in [0.29, 0.717) is 23.7 Å². The van der Waals surface area contributed by atoms with Gasteiger partial charge < -0.3 is 0 Å². The van der Waals surface area contributed by atoms with Crippen LogP contribution in [0, 0.1) is 0 Å². The average Bonchev–Trinajstić information content (AvgIpc) is 0.700. The SMILES string of the molecule is CC(C)c1ccc2c(-c3ccc(C(C)(C)C)cc3)c3c(-c4ccccc4)c4cc(C(C)C)ccc4c(-c4ccc(C(C)(C)C)cc4)c3c(-c3ccccc3)c2c1.CC(C)c1ccc2c(-c3ccccc3)c3c(-c4ccc(C(C)(C)C)cc4)c4cc(C(C)C)ccc4c(-c4ccccc4)c3c(-c3ccc(C(C)(C)C)cc3)c2c1. The van der Waals surface area contributed by atoms with Gasteiger partial charge in [-0.1, -0.05) is 430 Å². The Hall–Kier alpha value is -10.9. The highest BCUT2D eigenvalue weighted by molar-refractivity contribution is 6.36. The summed E-state index contributed by atoms with van der Waals surface area (Å²) in [5.41, 5.74) is 31.3. The van der Waals surface area contributed by atoms with Crippen LogP contribution in [0.25, 0.3) is 154 Å². The molecular weight excluding hydrogens is 1350 g/mol. The molecule has 0 N–H and O–H groups in total. The van der Waals surface area contributed by atoms with Crippen LogP contribution in [0.1, 0.15) is 207 Å². The Bertz CT molecular complexity index is 5770. The second-order valence-electron chi connectivity index (χ2n) is 37.1. The Morgan fingerprint density at radius 1 is 0.161 bits per heavy atom. The van der Waals surface area contributed by atoms with Gasteiger partial charge in [0.25, 0.3) is 0 Å². The third-order valence-electron chi connectivity index (χ3n) is 23.9. The molecule has 16 rings (SSSR count). The van der Waals surface area contributed by atoms with Crippen molar-refractivity contribution in [3.8, 4) is 89.0 Å². The fourth-order valence-electron chi connectivity index (χ4n) is 17.3. The van der Waals surface area contributed by atoms with Crippen molar-refractivity contribution in [1.29, 1.82) is 0 Å². The summed E-state index contributed by atoms with van der Waals surface area (Å²) in [4.78, 5) is 0. The van der Waals surface area contributed by atoms with Crippen molar-refractivity contribution in [2.24, 2.45) is 0 Å². The van der Waals surface area contributed by atoms with E-state index in [9.17, 15) is 0 Å². The van der Waals surface area contributed by atoms with E-state index in [-0.39, 0.29) is 21.7 Å². The number of fused-ring (bicyclic) bond motifs is 6. The van der Waals surface area contributed by atoms with Crippen molar-refractivity contribution in [1.82, 2.24) is 0 Å². The van der Waals surface area contributed by atoms with Gasteiger partial charge in [-0.05, 0) is 243 Å². The first kappa shape index (κ1) is 76.4. The maximum atomic E-state index is 2.50. The molecule has 0 aromatic heterocycles. The number of benzene rings is 16. The van der Waals surface area contributed by atoms with Crippen LogP contribution in [0.3, 0.4) is 0 Å². The number of rotatable bonds is 12. The van der Waals surface area contributed by atoms with Gasteiger partial charge >= 0.3 is 0 Å². The van der Waals surface area contributed by atoms with Gasteiger partial charge in [-0.2, -0.15) is 0 Å². The monoisotopic (exact) mass is 1460 g/mol. The normalized spacial score (nSPS) is 12.4. The molecule has 0 atom stereocenters. The van der Waals surface area contributed by atoms with Crippen molar-refractivity contribution < 1.29 is 0 Å². The minimum Gasteiger partial charge on any atom is -0.0622 e. The molecule has 0 saturated carbocycles. The molecule has 0 spiro atoms. The van der Waals surface area contributed by atoms with Crippen LogP contribution in [-0.4, -0.2) is 0 Å². The Balaban J connectivity index is 0.000000177.